The maximum absolute atomic E-state index is 5.82. The third-order valence-electron chi connectivity index (χ3n) is 2.17. The first kappa shape index (κ1) is 13.6. The van der Waals surface area contributed by atoms with Crippen LogP contribution in [0.25, 0.3) is 0 Å². The lowest BCUT2D eigenvalue weighted by Gasteiger charge is -2.09. The van der Waals surface area contributed by atoms with Crippen LogP contribution in [0.15, 0.2) is 38.6 Å². The van der Waals surface area contributed by atoms with E-state index < -0.39 is 0 Å². The maximum atomic E-state index is 5.82. The zero-order valence-electron chi connectivity index (χ0n) is 8.75. The van der Waals surface area contributed by atoms with Crippen molar-refractivity contribution in [1.29, 1.82) is 0 Å². The van der Waals surface area contributed by atoms with E-state index in [4.69, 9.17) is 4.74 Å². The lowest BCUT2D eigenvalue weighted by atomic mass is 10.2. The van der Waals surface area contributed by atoms with E-state index in [2.05, 4.69) is 59.9 Å². The zero-order chi connectivity index (χ0) is 12.3. The molecule has 5 heteroatoms. The molecule has 1 aromatic carbocycles. The van der Waals surface area contributed by atoms with Crippen LogP contribution in [0.1, 0.15) is 10.4 Å². The lowest BCUT2D eigenvalue weighted by molar-refractivity contribution is 0.307. The molecule has 0 N–H and O–H groups in total. The van der Waals surface area contributed by atoms with Crippen molar-refractivity contribution < 1.29 is 4.74 Å². The van der Waals surface area contributed by atoms with E-state index in [-0.39, 0.29) is 0 Å². The number of rotatable bonds is 4. The third-order valence-corrected chi connectivity index (χ3v) is 4.86. The van der Waals surface area contributed by atoms with Crippen LogP contribution in [0.2, 0.25) is 0 Å². The van der Waals surface area contributed by atoms with E-state index in [0.29, 0.717) is 6.61 Å². The number of ether oxygens (including phenoxy) is 1. The molecular weight excluding hydrogens is 432 g/mol. The molecule has 1 aromatic heterocycles. The largest absolute Gasteiger partial charge is 0.488 e. The van der Waals surface area contributed by atoms with Crippen LogP contribution in [0, 0.1) is 0 Å². The van der Waals surface area contributed by atoms with Crippen LogP contribution in [-0.2, 0) is 11.9 Å². The molecule has 1 heterocycles. The summed E-state index contributed by atoms with van der Waals surface area (Å²) in [5.41, 5.74) is 1.15. The Hall–Kier alpha value is 0.160. The highest BCUT2D eigenvalue weighted by molar-refractivity contribution is 9.11. The Kier molecular flexibility index (Phi) is 5.09. The van der Waals surface area contributed by atoms with E-state index >= 15 is 0 Å². The predicted molar refractivity (Wildman–Crippen MR) is 83.1 cm³/mol. The summed E-state index contributed by atoms with van der Waals surface area (Å²) in [6.07, 6.45) is 0. The number of benzene rings is 1. The summed E-state index contributed by atoms with van der Waals surface area (Å²) >= 11 is 12.1. The van der Waals surface area contributed by atoms with Gasteiger partial charge in [0.15, 0.2) is 0 Å². The highest BCUT2D eigenvalue weighted by Crippen LogP contribution is 2.28. The summed E-state index contributed by atoms with van der Waals surface area (Å²) in [5, 5.41) is 0.788. The van der Waals surface area contributed by atoms with Gasteiger partial charge in [-0.25, -0.2) is 0 Å². The van der Waals surface area contributed by atoms with Gasteiger partial charge in [-0.1, -0.05) is 31.9 Å². The van der Waals surface area contributed by atoms with Crippen LogP contribution in [0.5, 0.6) is 5.75 Å². The van der Waals surface area contributed by atoms with E-state index in [1.807, 2.05) is 18.2 Å². The van der Waals surface area contributed by atoms with Crippen LogP contribution >= 0.6 is 59.1 Å². The fourth-order valence-corrected chi connectivity index (χ4v) is 3.61. The van der Waals surface area contributed by atoms with Crippen LogP contribution in [-0.4, -0.2) is 0 Å². The summed E-state index contributed by atoms with van der Waals surface area (Å²) < 4.78 is 8.02. The molecule has 2 rings (SSSR count). The van der Waals surface area contributed by atoms with Crippen molar-refractivity contribution in [2.45, 2.75) is 11.9 Å². The van der Waals surface area contributed by atoms with E-state index in [1.54, 1.807) is 11.3 Å². The summed E-state index contributed by atoms with van der Waals surface area (Å²) in [4.78, 5) is 1.21. The molecule has 0 aliphatic carbocycles. The van der Waals surface area contributed by atoms with Gasteiger partial charge in [-0.15, -0.1) is 11.3 Å². The van der Waals surface area contributed by atoms with Gasteiger partial charge in [-0.05, 0) is 46.3 Å². The van der Waals surface area contributed by atoms with Gasteiger partial charge in [0.05, 0.1) is 3.79 Å². The monoisotopic (exact) mass is 438 g/mol. The average Bonchev–Trinajstić information content (AvgIpc) is 2.73. The Morgan fingerprint density at radius 3 is 2.59 bits per heavy atom. The van der Waals surface area contributed by atoms with E-state index in [9.17, 15) is 0 Å². The van der Waals surface area contributed by atoms with Crippen molar-refractivity contribution in [2.24, 2.45) is 0 Å². The number of halogens is 3. The highest BCUT2D eigenvalue weighted by atomic mass is 79.9. The van der Waals surface area contributed by atoms with Crippen molar-refractivity contribution in [3.05, 3.63) is 49.0 Å². The lowest BCUT2D eigenvalue weighted by Crippen LogP contribution is -1.95. The van der Waals surface area contributed by atoms with Gasteiger partial charge in [-0.2, -0.15) is 0 Å². The molecule has 0 radical (unpaired) electrons. The minimum atomic E-state index is 0.609. The first-order valence-corrected chi connectivity index (χ1v) is 8.43. The summed E-state index contributed by atoms with van der Waals surface area (Å²) in [5.74, 6) is 0.926. The van der Waals surface area contributed by atoms with Gasteiger partial charge >= 0.3 is 0 Å². The van der Waals surface area contributed by atoms with Gasteiger partial charge in [0.2, 0.25) is 0 Å². The quantitative estimate of drug-likeness (QED) is 0.550. The number of alkyl halides is 1. The van der Waals surface area contributed by atoms with E-state index in [0.717, 1.165) is 24.9 Å². The Bertz CT molecular complexity index is 510. The molecule has 0 aliphatic heterocycles. The van der Waals surface area contributed by atoms with Gasteiger partial charge < -0.3 is 4.74 Å². The topological polar surface area (TPSA) is 9.23 Å². The summed E-state index contributed by atoms with van der Waals surface area (Å²) in [7, 11) is 0. The molecule has 0 aliphatic rings. The molecule has 0 saturated heterocycles. The number of hydrogen-bond acceptors (Lipinski definition) is 2. The third kappa shape index (κ3) is 3.81. The molecule has 0 unspecified atom stereocenters. The Morgan fingerprint density at radius 1 is 1.12 bits per heavy atom. The molecule has 0 amide bonds. The van der Waals surface area contributed by atoms with Crippen LogP contribution in [0.3, 0.4) is 0 Å². The zero-order valence-corrected chi connectivity index (χ0v) is 14.3. The molecular formula is C12H9Br3OS. The Labute approximate surface area is 130 Å². The molecule has 0 fully saturated rings. The normalized spacial score (nSPS) is 10.5. The van der Waals surface area contributed by atoms with Crippen molar-refractivity contribution in [2.75, 3.05) is 0 Å². The molecule has 0 spiro atoms. The van der Waals surface area contributed by atoms with Gasteiger partial charge in [0.25, 0.3) is 0 Å². The maximum Gasteiger partial charge on any atom is 0.123 e. The SMILES string of the molecule is BrCc1cc(Br)ccc1OCc1ccc(Br)s1. The number of hydrogen-bond donors (Lipinski definition) is 0. The second-order valence-corrected chi connectivity index (χ2v) is 7.40. The summed E-state index contributed by atoms with van der Waals surface area (Å²) in [6, 6.07) is 10.2. The number of thiophene rings is 1. The standard InChI is InChI=1S/C12H9Br3OS/c13-6-8-5-9(14)1-3-11(8)16-7-10-2-4-12(15)17-10/h1-5H,6-7H2. The molecule has 0 atom stereocenters. The predicted octanol–water partition coefficient (Wildman–Crippen LogP) is 5.75. The molecule has 0 bridgehead atoms. The first-order valence-electron chi connectivity index (χ1n) is 4.90. The molecule has 90 valence electrons. The molecule has 1 nitrogen and oxygen atoms in total. The van der Waals surface area contributed by atoms with E-state index in [1.165, 1.54) is 4.88 Å². The van der Waals surface area contributed by atoms with Crippen LogP contribution < -0.4 is 4.74 Å². The molecule has 17 heavy (non-hydrogen) atoms. The first-order chi connectivity index (χ1) is 8.19. The Balaban J connectivity index is 2.08. The molecule has 0 saturated carbocycles. The average molecular weight is 441 g/mol. The minimum Gasteiger partial charge on any atom is -0.488 e. The van der Waals surface area contributed by atoms with Crippen molar-refractivity contribution in [3.8, 4) is 5.75 Å². The fraction of sp³-hybridized carbons (Fsp3) is 0.167. The Morgan fingerprint density at radius 2 is 1.94 bits per heavy atom. The fourth-order valence-electron chi connectivity index (χ4n) is 1.37. The second kappa shape index (κ2) is 6.36. The van der Waals surface area contributed by atoms with Crippen LogP contribution in [0.4, 0.5) is 0 Å². The second-order valence-electron chi connectivity index (χ2n) is 3.38. The smallest absolute Gasteiger partial charge is 0.123 e. The summed E-state index contributed by atoms with van der Waals surface area (Å²) in [6.45, 7) is 0.609. The molecule has 2 aromatic rings. The van der Waals surface area contributed by atoms with Gasteiger partial charge in [0, 0.05) is 20.2 Å². The van der Waals surface area contributed by atoms with Gasteiger partial charge in [0.1, 0.15) is 12.4 Å². The van der Waals surface area contributed by atoms with Crippen molar-refractivity contribution >= 4 is 59.1 Å². The van der Waals surface area contributed by atoms with Crippen molar-refractivity contribution in [1.82, 2.24) is 0 Å². The van der Waals surface area contributed by atoms with Crippen molar-refractivity contribution in [3.63, 3.8) is 0 Å². The van der Waals surface area contributed by atoms with Gasteiger partial charge in [-0.3, -0.25) is 0 Å². The minimum absolute atomic E-state index is 0.609. The highest BCUT2D eigenvalue weighted by Gasteiger charge is 2.05.